The number of benzene rings is 4. The Labute approximate surface area is 269 Å². The van der Waals surface area contributed by atoms with Crippen LogP contribution in [-0.2, 0) is 16.0 Å². The molecule has 1 aliphatic rings. The fourth-order valence-electron chi connectivity index (χ4n) is 5.22. The summed E-state index contributed by atoms with van der Waals surface area (Å²) in [4.78, 5) is 19.4. The Kier molecular flexibility index (Phi) is 10.9. The van der Waals surface area contributed by atoms with E-state index in [1.54, 1.807) is 7.11 Å². The number of carbonyl (C=O) groups is 1. The van der Waals surface area contributed by atoms with E-state index in [4.69, 9.17) is 35.9 Å². The van der Waals surface area contributed by atoms with E-state index in [2.05, 4.69) is 5.32 Å². The third-order valence-electron chi connectivity index (χ3n) is 7.55. The molecule has 0 unspecified atom stereocenters. The average Bonchev–Trinajstić information content (AvgIpc) is 3.46. The van der Waals surface area contributed by atoms with Crippen molar-refractivity contribution in [2.75, 3.05) is 26.9 Å². The second kappa shape index (κ2) is 15.4. The minimum Gasteiger partial charge on any atom is -0.497 e. The number of aliphatic hydroxyl groups excluding tert-OH is 1. The van der Waals surface area contributed by atoms with Crippen molar-refractivity contribution in [3.63, 3.8) is 0 Å². The number of ether oxygens (including phenoxy) is 3. The lowest BCUT2D eigenvalue weighted by Crippen LogP contribution is -2.48. The molecule has 0 spiro atoms. The first-order valence-electron chi connectivity index (χ1n) is 15.0. The first-order chi connectivity index (χ1) is 22.0. The van der Waals surface area contributed by atoms with E-state index in [0.29, 0.717) is 54.8 Å². The predicted molar refractivity (Wildman–Crippen MR) is 178 cm³/mol. The first kappa shape index (κ1) is 31.8. The molecule has 7 nitrogen and oxygen atoms in total. The highest BCUT2D eigenvalue weighted by Gasteiger charge is 2.52. The molecule has 4 aromatic rings. The van der Waals surface area contributed by atoms with Crippen LogP contribution in [0, 0.1) is 0 Å². The van der Waals surface area contributed by atoms with E-state index < -0.39 is 11.6 Å². The highest BCUT2D eigenvalue weighted by atomic mass is 35.5. The number of hydrogen-bond donors (Lipinski definition) is 2. The van der Waals surface area contributed by atoms with Gasteiger partial charge in [0, 0.05) is 36.6 Å². The van der Waals surface area contributed by atoms with Gasteiger partial charge in [0.1, 0.15) is 11.5 Å². The molecule has 0 aromatic heterocycles. The summed E-state index contributed by atoms with van der Waals surface area (Å²) in [6.45, 7) is 0.882. The number of carbonyl (C=O) groups excluding carboxylic acids is 1. The maximum absolute atomic E-state index is 14.4. The lowest BCUT2D eigenvalue weighted by atomic mass is 9.84. The molecule has 1 amide bonds. The molecular weight excluding hydrogens is 588 g/mol. The Balaban J connectivity index is 1.50. The topological polar surface area (TPSA) is 89.4 Å². The number of amides is 1. The van der Waals surface area contributed by atoms with Gasteiger partial charge in [-0.3, -0.25) is 4.79 Å². The van der Waals surface area contributed by atoms with Crippen molar-refractivity contribution in [1.82, 2.24) is 5.32 Å². The number of aliphatic imine (C=N–C) groups is 1. The highest BCUT2D eigenvalue weighted by molar-refractivity contribution is 6.30. The Bertz CT molecular complexity index is 1620. The van der Waals surface area contributed by atoms with E-state index in [0.717, 1.165) is 22.3 Å². The predicted octanol–water partition coefficient (Wildman–Crippen LogP) is 6.83. The maximum Gasteiger partial charge on any atom is 0.252 e. The zero-order valence-electron chi connectivity index (χ0n) is 25.2. The van der Waals surface area contributed by atoms with Crippen LogP contribution in [0.25, 0.3) is 6.08 Å². The number of methoxy groups -OCH3 is 1. The summed E-state index contributed by atoms with van der Waals surface area (Å²) < 4.78 is 17.8. The van der Waals surface area contributed by atoms with Gasteiger partial charge in [-0.2, -0.15) is 0 Å². The molecule has 0 radical (unpaired) electrons. The number of halogens is 1. The van der Waals surface area contributed by atoms with Gasteiger partial charge in [0.2, 0.25) is 5.90 Å². The molecule has 4 aromatic carbocycles. The fourth-order valence-corrected chi connectivity index (χ4v) is 5.44. The summed E-state index contributed by atoms with van der Waals surface area (Å²) in [5, 5.41) is 12.9. The van der Waals surface area contributed by atoms with E-state index >= 15 is 0 Å². The second-order valence-electron chi connectivity index (χ2n) is 10.7. The standard InChI is InChI=1S/C37H37ClN2O5/c1-43-33-15-6-13-30(26-33)34-37(21-7-12-27-9-3-2-4-10-27,36(42)39-22-20-28-11-5-14-31(38)25-28)40-35(45-34)29-16-18-32(19-17-29)44-24-8-23-41/h2-7,9-19,25-26,34,41H,8,20-24H2,1H3,(H,39,42)/b12-7+/t34-,37-/m1/s1. The zero-order valence-corrected chi connectivity index (χ0v) is 26.0. The van der Waals surface area contributed by atoms with Crippen molar-refractivity contribution in [2.24, 2.45) is 4.99 Å². The molecule has 8 heteroatoms. The number of nitrogens with zero attached hydrogens (tertiary/aromatic N) is 1. The van der Waals surface area contributed by atoms with E-state index in [9.17, 15) is 4.79 Å². The Morgan fingerprint density at radius 1 is 1.00 bits per heavy atom. The van der Waals surface area contributed by atoms with Crippen LogP contribution in [-0.4, -0.2) is 49.3 Å². The van der Waals surface area contributed by atoms with Crippen molar-refractivity contribution in [3.8, 4) is 11.5 Å². The van der Waals surface area contributed by atoms with Crippen LogP contribution < -0.4 is 14.8 Å². The Hall–Kier alpha value is -4.59. The van der Waals surface area contributed by atoms with E-state index in [1.165, 1.54) is 0 Å². The SMILES string of the molecule is COc1cccc([C@H]2OC(c3ccc(OCCCO)cc3)=N[C@@]2(C/C=C/c2ccccc2)C(=O)NCCc2cccc(Cl)c2)c1. The van der Waals surface area contributed by atoms with Crippen molar-refractivity contribution in [1.29, 1.82) is 0 Å². The lowest BCUT2D eigenvalue weighted by molar-refractivity contribution is -0.128. The number of aliphatic hydroxyl groups is 1. The van der Waals surface area contributed by atoms with Crippen molar-refractivity contribution >= 4 is 29.5 Å². The highest BCUT2D eigenvalue weighted by Crippen LogP contribution is 2.43. The molecule has 0 aliphatic carbocycles. The summed E-state index contributed by atoms with van der Waals surface area (Å²) in [5.74, 6) is 1.45. The molecule has 1 aliphatic heterocycles. The Morgan fingerprint density at radius 2 is 1.80 bits per heavy atom. The van der Waals surface area contributed by atoms with Crippen LogP contribution in [0.4, 0.5) is 0 Å². The summed E-state index contributed by atoms with van der Waals surface area (Å²) in [6.07, 6.45) is 4.70. The van der Waals surface area contributed by atoms with Gasteiger partial charge in [0.25, 0.3) is 5.91 Å². The number of hydrogen-bond acceptors (Lipinski definition) is 6. The third-order valence-corrected chi connectivity index (χ3v) is 7.79. The van der Waals surface area contributed by atoms with Gasteiger partial charge >= 0.3 is 0 Å². The normalized spacial score (nSPS) is 17.5. The van der Waals surface area contributed by atoms with E-state index in [1.807, 2.05) is 115 Å². The molecule has 2 N–H and O–H groups in total. The molecule has 0 saturated carbocycles. The summed E-state index contributed by atoms with van der Waals surface area (Å²) in [6, 6.07) is 32.5. The van der Waals surface area contributed by atoms with Crippen LogP contribution in [0.1, 0.15) is 41.2 Å². The molecule has 0 bridgehead atoms. The smallest absolute Gasteiger partial charge is 0.252 e. The molecule has 1 heterocycles. The lowest BCUT2D eigenvalue weighted by Gasteiger charge is -2.30. The van der Waals surface area contributed by atoms with Gasteiger partial charge in [-0.15, -0.1) is 0 Å². The van der Waals surface area contributed by atoms with Crippen molar-refractivity contribution in [2.45, 2.75) is 30.9 Å². The van der Waals surface area contributed by atoms with Crippen LogP contribution in [0.15, 0.2) is 114 Å². The monoisotopic (exact) mass is 624 g/mol. The maximum atomic E-state index is 14.4. The fraction of sp³-hybridized carbons (Fsp3) is 0.243. The molecular formula is C37H37ClN2O5. The minimum atomic E-state index is -1.31. The zero-order chi connectivity index (χ0) is 31.5. The largest absolute Gasteiger partial charge is 0.497 e. The molecule has 0 saturated heterocycles. The molecule has 2 atom stereocenters. The minimum absolute atomic E-state index is 0.0658. The molecule has 232 valence electrons. The van der Waals surface area contributed by atoms with Crippen molar-refractivity contribution in [3.05, 3.63) is 136 Å². The van der Waals surface area contributed by atoms with Gasteiger partial charge < -0.3 is 24.6 Å². The van der Waals surface area contributed by atoms with Crippen molar-refractivity contribution < 1.29 is 24.1 Å². The number of rotatable bonds is 14. The third kappa shape index (κ3) is 8.12. The van der Waals surface area contributed by atoms with Gasteiger partial charge in [-0.1, -0.05) is 78.4 Å². The summed E-state index contributed by atoms with van der Waals surface area (Å²) in [5.41, 5.74) is 2.23. The quantitative estimate of drug-likeness (QED) is 0.150. The van der Waals surface area contributed by atoms with Crippen LogP contribution in [0.3, 0.4) is 0 Å². The van der Waals surface area contributed by atoms with Gasteiger partial charge in [0.15, 0.2) is 11.6 Å². The molecule has 0 fully saturated rings. The molecule has 5 rings (SSSR count). The second-order valence-corrected chi connectivity index (χ2v) is 11.2. The summed E-state index contributed by atoms with van der Waals surface area (Å²) in [7, 11) is 1.61. The van der Waals surface area contributed by atoms with Crippen LogP contribution in [0.2, 0.25) is 5.02 Å². The van der Waals surface area contributed by atoms with Gasteiger partial charge in [-0.05, 0) is 71.6 Å². The first-order valence-corrected chi connectivity index (χ1v) is 15.4. The summed E-state index contributed by atoms with van der Waals surface area (Å²) >= 11 is 6.19. The molecule has 45 heavy (non-hydrogen) atoms. The average molecular weight is 625 g/mol. The van der Waals surface area contributed by atoms with Gasteiger partial charge in [-0.25, -0.2) is 4.99 Å². The van der Waals surface area contributed by atoms with E-state index in [-0.39, 0.29) is 12.5 Å². The number of nitrogens with one attached hydrogen (secondary N) is 1. The van der Waals surface area contributed by atoms with Crippen LogP contribution >= 0.6 is 11.6 Å². The Morgan fingerprint density at radius 3 is 2.56 bits per heavy atom. The van der Waals surface area contributed by atoms with Crippen LogP contribution in [0.5, 0.6) is 11.5 Å². The van der Waals surface area contributed by atoms with Gasteiger partial charge in [0.05, 0.1) is 13.7 Å².